The van der Waals surface area contributed by atoms with E-state index < -0.39 is 0 Å². The Bertz CT molecular complexity index is 505. The van der Waals surface area contributed by atoms with Crippen LogP contribution in [0, 0.1) is 0 Å². The van der Waals surface area contributed by atoms with Crippen LogP contribution in [0.1, 0.15) is 37.0 Å². The fourth-order valence-electron chi connectivity index (χ4n) is 2.38. The third-order valence-corrected chi connectivity index (χ3v) is 3.54. The molecule has 1 atom stereocenters. The molecule has 0 bridgehead atoms. The lowest BCUT2D eigenvalue weighted by molar-refractivity contribution is -0.0615. The highest BCUT2D eigenvalue weighted by atomic mass is 35.5. The largest absolute Gasteiger partial charge is 0.375 e. The maximum Gasteiger partial charge on any atom is 0.251 e. The Hall–Kier alpha value is -1.33. The lowest BCUT2D eigenvalue weighted by atomic mass is 9.94. The zero-order valence-corrected chi connectivity index (χ0v) is 12.8. The summed E-state index contributed by atoms with van der Waals surface area (Å²) in [7, 11) is 1.74. The quantitative estimate of drug-likeness (QED) is 0.841. The van der Waals surface area contributed by atoms with Gasteiger partial charge in [0.1, 0.15) is 11.0 Å². The number of hydrogen-bond donors (Lipinski definition) is 2. The van der Waals surface area contributed by atoms with Gasteiger partial charge in [-0.05, 0) is 38.8 Å². The summed E-state index contributed by atoms with van der Waals surface area (Å²) in [5.41, 5.74) is 0.320. The number of nitrogens with zero attached hydrogens (tertiary/aromatic N) is 1. The second kappa shape index (κ2) is 5.97. The molecule has 0 spiro atoms. The Morgan fingerprint density at radius 1 is 1.50 bits per heavy atom. The molecule has 2 heterocycles. The molecule has 1 fully saturated rings. The molecule has 110 valence electrons. The van der Waals surface area contributed by atoms with Crippen molar-refractivity contribution < 1.29 is 9.53 Å². The van der Waals surface area contributed by atoms with Gasteiger partial charge in [0.15, 0.2) is 0 Å². The van der Waals surface area contributed by atoms with Gasteiger partial charge in [0.05, 0.1) is 5.60 Å². The van der Waals surface area contributed by atoms with Crippen LogP contribution >= 0.6 is 11.6 Å². The van der Waals surface area contributed by atoms with E-state index in [1.807, 2.05) is 13.8 Å². The summed E-state index contributed by atoms with van der Waals surface area (Å²) in [5, 5.41) is 6.22. The number of aromatic nitrogens is 1. The van der Waals surface area contributed by atoms with E-state index in [1.54, 1.807) is 19.2 Å². The van der Waals surface area contributed by atoms with Gasteiger partial charge in [-0.15, -0.1) is 0 Å². The van der Waals surface area contributed by atoms with E-state index in [4.69, 9.17) is 16.3 Å². The number of carbonyl (C=O) groups excluding carboxylic acids is 1. The third-order valence-electron chi connectivity index (χ3n) is 3.34. The Kier molecular flexibility index (Phi) is 4.50. The number of carbonyl (C=O) groups is 1. The van der Waals surface area contributed by atoms with Crippen molar-refractivity contribution in [3.63, 3.8) is 0 Å². The molecule has 1 aromatic rings. The second-order valence-electron chi connectivity index (χ2n) is 5.59. The molecule has 1 aliphatic heterocycles. The highest BCUT2D eigenvalue weighted by Gasteiger charge is 2.29. The van der Waals surface area contributed by atoms with Crippen molar-refractivity contribution in [1.82, 2.24) is 10.3 Å². The predicted octanol–water partition coefficient (Wildman–Crippen LogP) is 2.46. The van der Waals surface area contributed by atoms with Crippen molar-refractivity contribution in [1.29, 1.82) is 0 Å². The van der Waals surface area contributed by atoms with Gasteiger partial charge in [-0.3, -0.25) is 4.79 Å². The first-order chi connectivity index (χ1) is 9.39. The normalized spacial score (nSPS) is 21.3. The van der Waals surface area contributed by atoms with Crippen LogP contribution in [0.3, 0.4) is 0 Å². The molecular weight excluding hydrogens is 278 g/mol. The summed E-state index contributed by atoms with van der Waals surface area (Å²) in [6.45, 7) is 4.73. The van der Waals surface area contributed by atoms with Crippen LogP contribution < -0.4 is 10.6 Å². The number of halogens is 1. The van der Waals surface area contributed by atoms with Crippen LogP contribution in [0.2, 0.25) is 5.15 Å². The Balaban J connectivity index is 2.06. The first-order valence-corrected chi connectivity index (χ1v) is 7.07. The SMILES string of the molecule is CNc1cc(C(=O)NC2CCOC(C)(C)C2)cc(Cl)n1. The van der Waals surface area contributed by atoms with E-state index in [1.165, 1.54) is 0 Å². The molecule has 2 N–H and O–H groups in total. The summed E-state index contributed by atoms with van der Waals surface area (Å²) >= 11 is 5.91. The summed E-state index contributed by atoms with van der Waals surface area (Å²) in [6.07, 6.45) is 1.63. The van der Waals surface area contributed by atoms with Gasteiger partial charge in [-0.25, -0.2) is 4.98 Å². The molecule has 1 aromatic heterocycles. The molecule has 20 heavy (non-hydrogen) atoms. The third kappa shape index (κ3) is 3.84. The molecule has 1 saturated heterocycles. The predicted molar refractivity (Wildman–Crippen MR) is 79.3 cm³/mol. The van der Waals surface area contributed by atoms with Crippen molar-refractivity contribution in [2.75, 3.05) is 19.0 Å². The van der Waals surface area contributed by atoms with Crippen LogP contribution in [0.25, 0.3) is 0 Å². The van der Waals surface area contributed by atoms with Gasteiger partial charge < -0.3 is 15.4 Å². The first kappa shape index (κ1) is 15.1. The number of anilines is 1. The maximum atomic E-state index is 12.3. The van der Waals surface area contributed by atoms with Crippen LogP contribution in [-0.4, -0.2) is 36.2 Å². The van der Waals surface area contributed by atoms with Crippen molar-refractivity contribution in [2.45, 2.75) is 38.3 Å². The molecule has 2 rings (SSSR count). The number of ether oxygens (including phenoxy) is 1. The summed E-state index contributed by atoms with van der Waals surface area (Å²) in [4.78, 5) is 16.3. The molecule has 5 nitrogen and oxygen atoms in total. The van der Waals surface area contributed by atoms with E-state index in [-0.39, 0.29) is 17.6 Å². The number of rotatable bonds is 3. The average Bonchev–Trinajstić information content (AvgIpc) is 2.36. The van der Waals surface area contributed by atoms with Gasteiger partial charge in [0.2, 0.25) is 0 Å². The van der Waals surface area contributed by atoms with E-state index in [2.05, 4.69) is 15.6 Å². The van der Waals surface area contributed by atoms with Crippen LogP contribution in [0.5, 0.6) is 0 Å². The molecule has 0 aliphatic carbocycles. The number of pyridine rings is 1. The van der Waals surface area contributed by atoms with Gasteiger partial charge in [0.25, 0.3) is 5.91 Å². The highest BCUT2D eigenvalue weighted by Crippen LogP contribution is 2.24. The minimum Gasteiger partial charge on any atom is -0.375 e. The Morgan fingerprint density at radius 3 is 2.90 bits per heavy atom. The molecule has 0 radical (unpaired) electrons. The van der Waals surface area contributed by atoms with Crippen LogP contribution in [0.4, 0.5) is 5.82 Å². The van der Waals surface area contributed by atoms with Crippen LogP contribution in [0.15, 0.2) is 12.1 Å². The number of hydrogen-bond acceptors (Lipinski definition) is 4. The smallest absolute Gasteiger partial charge is 0.251 e. The minimum absolute atomic E-state index is 0.122. The highest BCUT2D eigenvalue weighted by molar-refractivity contribution is 6.29. The zero-order chi connectivity index (χ0) is 14.8. The number of nitrogens with one attached hydrogen (secondary N) is 2. The zero-order valence-electron chi connectivity index (χ0n) is 12.0. The molecule has 1 unspecified atom stereocenters. The van der Waals surface area contributed by atoms with Crippen molar-refractivity contribution >= 4 is 23.3 Å². The molecule has 6 heteroatoms. The molecular formula is C14H20ClN3O2. The minimum atomic E-state index is -0.192. The van der Waals surface area contributed by atoms with E-state index in [0.29, 0.717) is 23.1 Å². The number of amides is 1. The Morgan fingerprint density at radius 2 is 2.25 bits per heavy atom. The van der Waals surface area contributed by atoms with Crippen molar-refractivity contribution in [3.05, 3.63) is 22.8 Å². The topological polar surface area (TPSA) is 63.2 Å². The first-order valence-electron chi connectivity index (χ1n) is 6.70. The summed E-state index contributed by atoms with van der Waals surface area (Å²) in [5.74, 6) is 0.448. The van der Waals surface area contributed by atoms with E-state index in [9.17, 15) is 4.79 Å². The maximum absolute atomic E-state index is 12.3. The second-order valence-corrected chi connectivity index (χ2v) is 5.97. The average molecular weight is 298 g/mol. The molecule has 0 saturated carbocycles. The fourth-order valence-corrected chi connectivity index (χ4v) is 2.59. The van der Waals surface area contributed by atoms with Crippen LogP contribution in [-0.2, 0) is 4.74 Å². The van der Waals surface area contributed by atoms with Gasteiger partial charge in [-0.2, -0.15) is 0 Å². The lowest BCUT2D eigenvalue weighted by Crippen LogP contribution is -2.45. The molecule has 0 aromatic carbocycles. The van der Waals surface area contributed by atoms with Gasteiger partial charge in [-0.1, -0.05) is 11.6 Å². The molecule has 1 aliphatic rings. The van der Waals surface area contributed by atoms with Crippen molar-refractivity contribution in [3.8, 4) is 0 Å². The van der Waals surface area contributed by atoms with Gasteiger partial charge in [0, 0.05) is 25.3 Å². The standard InChI is InChI=1S/C14H20ClN3O2/c1-14(2)8-10(4-5-20-14)17-13(19)9-6-11(15)18-12(7-9)16-3/h6-7,10H,4-5,8H2,1-3H3,(H,16,18)(H,17,19). The summed E-state index contributed by atoms with van der Waals surface area (Å²) < 4.78 is 5.65. The molecule has 1 amide bonds. The van der Waals surface area contributed by atoms with Crippen molar-refractivity contribution in [2.24, 2.45) is 0 Å². The Labute approximate surface area is 124 Å². The van der Waals surface area contributed by atoms with E-state index in [0.717, 1.165) is 12.8 Å². The van der Waals surface area contributed by atoms with Gasteiger partial charge >= 0.3 is 0 Å². The van der Waals surface area contributed by atoms with E-state index >= 15 is 0 Å². The fraction of sp³-hybridized carbons (Fsp3) is 0.571. The lowest BCUT2D eigenvalue weighted by Gasteiger charge is -2.35. The monoisotopic (exact) mass is 297 g/mol. The summed E-state index contributed by atoms with van der Waals surface area (Å²) in [6, 6.07) is 3.38.